The molecule has 0 amide bonds. The van der Waals surface area contributed by atoms with Gasteiger partial charge in [-0.25, -0.2) is 8.42 Å². The summed E-state index contributed by atoms with van der Waals surface area (Å²) in [5.74, 6) is 0. The fourth-order valence-electron chi connectivity index (χ4n) is 1.57. The molecular formula is C9H13ClN2O2S2. The molecule has 4 nitrogen and oxygen atoms in total. The van der Waals surface area contributed by atoms with E-state index in [0.29, 0.717) is 34.7 Å². The minimum atomic E-state index is -3.34. The van der Waals surface area contributed by atoms with Gasteiger partial charge in [0.15, 0.2) is 0 Å². The molecular weight excluding hydrogens is 268 g/mol. The van der Waals surface area contributed by atoms with Crippen LogP contribution < -0.4 is 5.32 Å². The lowest BCUT2D eigenvalue weighted by Gasteiger charge is -2.25. The average Bonchev–Trinajstić information content (AvgIpc) is 2.61. The highest BCUT2D eigenvalue weighted by Crippen LogP contribution is 2.31. The van der Waals surface area contributed by atoms with E-state index in [9.17, 15) is 8.42 Å². The van der Waals surface area contributed by atoms with Gasteiger partial charge >= 0.3 is 0 Å². The molecule has 2 heterocycles. The number of thiophene rings is 1. The maximum absolute atomic E-state index is 12.2. The topological polar surface area (TPSA) is 49.4 Å². The van der Waals surface area contributed by atoms with Crippen LogP contribution in [0.2, 0.25) is 4.34 Å². The Morgan fingerprint density at radius 3 is 2.56 bits per heavy atom. The van der Waals surface area contributed by atoms with Crippen molar-refractivity contribution in [1.82, 2.24) is 9.62 Å². The van der Waals surface area contributed by atoms with Gasteiger partial charge in [-0.05, 0) is 18.6 Å². The van der Waals surface area contributed by atoms with Gasteiger partial charge in [0.2, 0.25) is 0 Å². The highest BCUT2D eigenvalue weighted by Gasteiger charge is 2.27. The SMILES string of the molecule is Cc1cc(S(=O)(=O)N2CCNCC2)sc1Cl. The molecule has 7 heteroatoms. The van der Waals surface area contributed by atoms with Gasteiger partial charge in [-0.1, -0.05) is 11.6 Å². The van der Waals surface area contributed by atoms with Crippen LogP contribution in [-0.4, -0.2) is 38.9 Å². The van der Waals surface area contributed by atoms with Crippen molar-refractivity contribution in [3.63, 3.8) is 0 Å². The summed E-state index contributed by atoms with van der Waals surface area (Å²) >= 11 is 7.03. The summed E-state index contributed by atoms with van der Waals surface area (Å²) in [7, 11) is -3.34. The number of aryl methyl sites for hydroxylation is 1. The lowest BCUT2D eigenvalue weighted by atomic mass is 10.4. The first-order valence-corrected chi connectivity index (χ1v) is 7.62. The molecule has 16 heavy (non-hydrogen) atoms. The Morgan fingerprint density at radius 1 is 1.44 bits per heavy atom. The largest absolute Gasteiger partial charge is 0.314 e. The normalized spacial score (nSPS) is 18.9. The lowest BCUT2D eigenvalue weighted by molar-refractivity contribution is 0.361. The van der Waals surface area contributed by atoms with Crippen LogP contribution in [0.25, 0.3) is 0 Å². The molecule has 0 aromatic carbocycles. The zero-order valence-electron chi connectivity index (χ0n) is 8.86. The van der Waals surface area contributed by atoms with Crippen molar-refractivity contribution >= 4 is 33.0 Å². The maximum Gasteiger partial charge on any atom is 0.252 e. The van der Waals surface area contributed by atoms with Gasteiger partial charge < -0.3 is 5.32 Å². The quantitative estimate of drug-likeness (QED) is 0.888. The van der Waals surface area contributed by atoms with E-state index < -0.39 is 10.0 Å². The number of hydrogen-bond donors (Lipinski definition) is 1. The van der Waals surface area contributed by atoms with E-state index in [0.717, 1.165) is 16.9 Å². The summed E-state index contributed by atoms with van der Waals surface area (Å²) < 4.78 is 26.8. The fraction of sp³-hybridized carbons (Fsp3) is 0.556. The van der Waals surface area contributed by atoms with Crippen LogP contribution in [0.5, 0.6) is 0 Å². The van der Waals surface area contributed by atoms with Gasteiger partial charge in [0, 0.05) is 26.2 Å². The predicted molar refractivity (Wildman–Crippen MR) is 65.7 cm³/mol. The summed E-state index contributed by atoms with van der Waals surface area (Å²) in [4.78, 5) is 0. The number of nitrogens with one attached hydrogen (secondary N) is 1. The van der Waals surface area contributed by atoms with Crippen LogP contribution in [0, 0.1) is 6.92 Å². The predicted octanol–water partition coefficient (Wildman–Crippen LogP) is 1.30. The van der Waals surface area contributed by atoms with Gasteiger partial charge in [-0.2, -0.15) is 4.31 Å². The summed E-state index contributed by atoms with van der Waals surface area (Å²) in [6.45, 7) is 4.28. The number of rotatable bonds is 2. The molecule has 90 valence electrons. The third kappa shape index (κ3) is 2.26. The van der Waals surface area contributed by atoms with Crippen LogP contribution >= 0.6 is 22.9 Å². The van der Waals surface area contributed by atoms with E-state index in [2.05, 4.69) is 5.32 Å². The number of halogens is 1. The van der Waals surface area contributed by atoms with E-state index in [1.165, 1.54) is 4.31 Å². The van der Waals surface area contributed by atoms with Gasteiger partial charge in [0.1, 0.15) is 4.21 Å². The van der Waals surface area contributed by atoms with Crippen molar-refractivity contribution in [3.05, 3.63) is 16.0 Å². The van der Waals surface area contributed by atoms with Crippen LogP contribution in [0.3, 0.4) is 0 Å². The average molecular weight is 281 g/mol. The zero-order chi connectivity index (χ0) is 11.8. The van der Waals surface area contributed by atoms with Gasteiger partial charge in [-0.15, -0.1) is 11.3 Å². The molecule has 1 aromatic heterocycles. The van der Waals surface area contributed by atoms with Gasteiger partial charge in [0.25, 0.3) is 10.0 Å². The Balaban J connectivity index is 2.30. The smallest absolute Gasteiger partial charge is 0.252 e. The van der Waals surface area contributed by atoms with Gasteiger partial charge in [-0.3, -0.25) is 0 Å². The fourth-order valence-corrected chi connectivity index (χ4v) is 4.88. The molecule has 1 aliphatic rings. The number of nitrogens with zero attached hydrogens (tertiary/aromatic N) is 1. The first kappa shape index (κ1) is 12.3. The molecule has 0 unspecified atom stereocenters. The van der Waals surface area contributed by atoms with E-state index in [1.54, 1.807) is 6.07 Å². The van der Waals surface area contributed by atoms with Crippen LogP contribution in [-0.2, 0) is 10.0 Å². The first-order valence-electron chi connectivity index (χ1n) is 4.98. The van der Waals surface area contributed by atoms with Crippen LogP contribution in [0.15, 0.2) is 10.3 Å². The first-order chi connectivity index (χ1) is 7.51. The Kier molecular flexibility index (Phi) is 3.56. The van der Waals surface area contributed by atoms with E-state index >= 15 is 0 Å². The maximum atomic E-state index is 12.2. The molecule has 1 fully saturated rings. The lowest BCUT2D eigenvalue weighted by Crippen LogP contribution is -2.46. The standard InChI is InChI=1S/C9H13ClN2O2S2/c1-7-6-8(15-9(7)10)16(13,14)12-4-2-11-3-5-12/h6,11H,2-5H2,1H3. The highest BCUT2D eigenvalue weighted by atomic mass is 35.5. The summed E-state index contributed by atoms with van der Waals surface area (Å²) in [5.41, 5.74) is 0.820. The molecule has 1 saturated heterocycles. The molecule has 1 aliphatic heterocycles. The minimum Gasteiger partial charge on any atom is -0.314 e. The second-order valence-corrected chi connectivity index (χ2v) is 7.50. The third-order valence-corrected chi connectivity index (χ3v) is 6.41. The van der Waals surface area contributed by atoms with Gasteiger partial charge in [0.05, 0.1) is 4.34 Å². The number of hydrogen-bond acceptors (Lipinski definition) is 4. The Hall–Kier alpha value is -0.140. The minimum absolute atomic E-state index is 0.344. The zero-order valence-corrected chi connectivity index (χ0v) is 11.3. The summed E-state index contributed by atoms with van der Waals surface area (Å²) in [6.07, 6.45) is 0. The highest BCUT2D eigenvalue weighted by molar-refractivity contribution is 7.91. The Morgan fingerprint density at radius 2 is 2.06 bits per heavy atom. The van der Waals surface area contributed by atoms with E-state index in [4.69, 9.17) is 11.6 Å². The molecule has 0 bridgehead atoms. The molecule has 1 aromatic rings. The molecule has 0 radical (unpaired) electrons. The summed E-state index contributed by atoms with van der Waals surface area (Å²) in [5, 5.41) is 3.13. The molecule has 0 aliphatic carbocycles. The number of sulfonamides is 1. The van der Waals surface area contributed by atoms with Crippen molar-refractivity contribution < 1.29 is 8.42 Å². The van der Waals surface area contributed by atoms with Crippen molar-refractivity contribution in [2.45, 2.75) is 11.1 Å². The third-order valence-electron chi connectivity index (χ3n) is 2.50. The van der Waals surface area contributed by atoms with Crippen molar-refractivity contribution in [2.24, 2.45) is 0 Å². The van der Waals surface area contributed by atoms with Crippen LogP contribution in [0.4, 0.5) is 0 Å². The van der Waals surface area contributed by atoms with Crippen LogP contribution in [0.1, 0.15) is 5.56 Å². The molecule has 0 atom stereocenters. The summed E-state index contributed by atoms with van der Waals surface area (Å²) in [6, 6.07) is 1.64. The number of piperazine rings is 1. The molecule has 0 spiro atoms. The van der Waals surface area contributed by atoms with E-state index in [1.807, 2.05) is 6.92 Å². The Labute approximate surface area is 104 Å². The molecule has 0 saturated carbocycles. The van der Waals surface area contributed by atoms with Crippen molar-refractivity contribution in [2.75, 3.05) is 26.2 Å². The molecule has 2 rings (SSSR count). The monoisotopic (exact) mass is 280 g/mol. The van der Waals surface area contributed by atoms with E-state index in [-0.39, 0.29) is 0 Å². The van der Waals surface area contributed by atoms with Crippen molar-refractivity contribution in [3.8, 4) is 0 Å². The molecule has 1 N–H and O–H groups in total. The Bertz CT molecular complexity index is 458. The van der Waals surface area contributed by atoms with Crippen molar-refractivity contribution in [1.29, 1.82) is 0 Å². The second kappa shape index (κ2) is 4.62. The second-order valence-electron chi connectivity index (χ2n) is 3.68.